The number of rotatable bonds is 16. The number of esters is 2. The summed E-state index contributed by atoms with van der Waals surface area (Å²) in [6, 6.07) is -1.14. The molecule has 1 aromatic carbocycles. The molecule has 3 aliphatic rings. The molecule has 21 heteroatoms. The van der Waals surface area contributed by atoms with E-state index < -0.39 is 156 Å². The van der Waals surface area contributed by atoms with Crippen molar-refractivity contribution in [3.63, 3.8) is 0 Å². The van der Waals surface area contributed by atoms with Crippen molar-refractivity contribution in [1.29, 1.82) is 0 Å². The zero-order chi connectivity index (χ0) is 59.3. The first kappa shape index (κ1) is 65.6. The molecule has 21 nitrogen and oxygen atoms in total. The lowest BCUT2D eigenvalue weighted by Crippen LogP contribution is -2.62. The van der Waals surface area contributed by atoms with Crippen molar-refractivity contribution >= 4 is 58.9 Å². The Hall–Kier alpha value is -5.96. The third-order valence-corrected chi connectivity index (χ3v) is 15.9. The van der Waals surface area contributed by atoms with Crippen molar-refractivity contribution in [2.75, 3.05) is 27.7 Å². The number of Topliss-reactive ketones (excluding diaryl/α,β-unsaturated/α-hetero) is 2. The largest absolute Gasteiger partial charge is 0.497 e. The Morgan fingerprint density at radius 1 is 0.848 bits per heavy atom. The van der Waals surface area contributed by atoms with Crippen LogP contribution in [0.1, 0.15) is 140 Å². The van der Waals surface area contributed by atoms with E-state index in [0.29, 0.717) is 43.4 Å². The highest BCUT2D eigenvalue weighted by atomic mass is 16.6. The highest BCUT2D eigenvalue weighted by molar-refractivity contribution is 6.05. The second kappa shape index (κ2) is 29.5. The van der Waals surface area contributed by atoms with Crippen LogP contribution >= 0.6 is 0 Å². The van der Waals surface area contributed by atoms with Gasteiger partial charge in [0.25, 0.3) is 0 Å². The van der Waals surface area contributed by atoms with Gasteiger partial charge in [-0.15, -0.1) is 0 Å². The van der Waals surface area contributed by atoms with Crippen LogP contribution in [0.25, 0.3) is 0 Å². The Bertz CT molecular complexity index is 2320. The average molecular weight is 1110 g/mol. The van der Waals surface area contributed by atoms with E-state index in [-0.39, 0.29) is 44.1 Å². The Balaban J connectivity index is 1.89. The molecule has 0 bridgehead atoms. The molecule has 3 fully saturated rings. The minimum Gasteiger partial charge on any atom is -0.497 e. The van der Waals surface area contributed by atoms with Crippen LogP contribution in [0, 0.1) is 41.4 Å². The number of carbonyl (C=O) groups is 10. The maximum Gasteiger partial charge on any atom is 0.329 e. The zero-order valence-corrected chi connectivity index (χ0v) is 48.9. The summed E-state index contributed by atoms with van der Waals surface area (Å²) in [5.41, 5.74) is 0.574. The van der Waals surface area contributed by atoms with Crippen molar-refractivity contribution in [3.05, 3.63) is 29.8 Å². The Labute approximate surface area is 466 Å². The van der Waals surface area contributed by atoms with Crippen LogP contribution in [0.15, 0.2) is 24.3 Å². The van der Waals surface area contributed by atoms with E-state index in [2.05, 4.69) is 16.0 Å². The number of fused-ring (bicyclic) bond motifs is 1. The number of hydrogen-bond acceptors (Lipinski definition) is 15. The Morgan fingerprint density at radius 2 is 1.48 bits per heavy atom. The van der Waals surface area contributed by atoms with E-state index in [1.807, 2.05) is 27.7 Å². The highest BCUT2D eigenvalue weighted by Crippen LogP contribution is 2.35. The first-order chi connectivity index (χ1) is 37.0. The predicted octanol–water partition coefficient (Wildman–Crippen LogP) is 3.31. The fourth-order valence-corrected chi connectivity index (χ4v) is 10.9. The molecule has 1 aromatic rings. The van der Waals surface area contributed by atoms with Gasteiger partial charge in [-0.1, -0.05) is 80.4 Å². The number of ether oxygens (including phenoxy) is 3. The number of nitrogens with zero attached hydrogens (tertiary/aromatic N) is 3. The van der Waals surface area contributed by atoms with E-state index in [9.17, 15) is 53.4 Å². The number of amides is 6. The lowest BCUT2D eigenvalue weighted by Gasteiger charge is -2.36. The lowest BCUT2D eigenvalue weighted by atomic mass is 9.88. The second-order valence-corrected chi connectivity index (χ2v) is 23.3. The van der Waals surface area contributed by atoms with Gasteiger partial charge in [0.1, 0.15) is 48.2 Å². The summed E-state index contributed by atoms with van der Waals surface area (Å²) >= 11 is 0. The van der Waals surface area contributed by atoms with Gasteiger partial charge in [-0.05, 0) is 101 Å². The number of benzene rings is 1. The monoisotopic (exact) mass is 1110 g/mol. The molecule has 9 unspecified atom stereocenters. The van der Waals surface area contributed by atoms with Gasteiger partial charge in [-0.2, -0.15) is 0 Å². The minimum absolute atomic E-state index is 0.0905. The number of likely N-dealkylation sites (N-methyl/N-ethyl adjacent to an activating group) is 2. The average Bonchev–Trinajstić information content (AvgIpc) is 4.13. The van der Waals surface area contributed by atoms with Crippen LogP contribution in [0.4, 0.5) is 0 Å². The fourth-order valence-electron chi connectivity index (χ4n) is 10.9. The van der Waals surface area contributed by atoms with Gasteiger partial charge < -0.3 is 55.1 Å². The van der Waals surface area contributed by atoms with Crippen LogP contribution in [-0.2, 0) is 63.8 Å². The van der Waals surface area contributed by atoms with Crippen LogP contribution in [0.3, 0.4) is 0 Å². The van der Waals surface area contributed by atoms with Crippen molar-refractivity contribution < 1.29 is 72.4 Å². The van der Waals surface area contributed by atoms with E-state index in [0.717, 1.165) is 0 Å². The molecule has 14 atom stereocenters. The van der Waals surface area contributed by atoms with Gasteiger partial charge in [-0.3, -0.25) is 43.2 Å². The number of methoxy groups -OCH3 is 1. The molecule has 0 aromatic heterocycles. The minimum atomic E-state index is -1.75. The molecule has 1 aliphatic carbocycles. The molecule has 0 radical (unpaired) electrons. The second-order valence-electron chi connectivity index (χ2n) is 23.3. The van der Waals surface area contributed by atoms with Crippen molar-refractivity contribution in [2.24, 2.45) is 41.4 Å². The highest BCUT2D eigenvalue weighted by Gasteiger charge is 2.46. The lowest BCUT2D eigenvalue weighted by molar-refractivity contribution is -0.163. The molecule has 79 heavy (non-hydrogen) atoms. The summed E-state index contributed by atoms with van der Waals surface area (Å²) in [6.07, 6.45) is -4.34. The molecule has 442 valence electrons. The number of cyclic esters (lactones) is 2. The summed E-state index contributed by atoms with van der Waals surface area (Å²) < 4.78 is 17.2. The normalized spacial score (nSPS) is 28.6. The van der Waals surface area contributed by atoms with Gasteiger partial charge in [0.05, 0.1) is 31.6 Å². The molecule has 6 amide bonds. The molecule has 1 saturated carbocycles. The Kier molecular flexibility index (Phi) is 24.5. The van der Waals surface area contributed by atoms with E-state index in [1.165, 1.54) is 56.7 Å². The van der Waals surface area contributed by atoms with Gasteiger partial charge in [-0.25, -0.2) is 4.79 Å². The predicted molar refractivity (Wildman–Crippen MR) is 291 cm³/mol. The number of aliphatic hydroxyl groups excluding tert-OH is 2. The van der Waals surface area contributed by atoms with Crippen molar-refractivity contribution in [2.45, 2.75) is 201 Å². The van der Waals surface area contributed by atoms with Gasteiger partial charge in [0, 0.05) is 38.9 Å². The molecule has 2 heterocycles. The van der Waals surface area contributed by atoms with Gasteiger partial charge in [0.15, 0.2) is 17.7 Å². The summed E-state index contributed by atoms with van der Waals surface area (Å²) in [7, 11) is 4.32. The summed E-state index contributed by atoms with van der Waals surface area (Å²) in [5, 5.41) is 30.3. The van der Waals surface area contributed by atoms with Crippen LogP contribution in [-0.4, -0.2) is 172 Å². The van der Waals surface area contributed by atoms with Gasteiger partial charge >= 0.3 is 11.9 Å². The van der Waals surface area contributed by atoms with Crippen molar-refractivity contribution in [3.8, 4) is 5.75 Å². The molecular weight excluding hydrogens is 1020 g/mol. The van der Waals surface area contributed by atoms with Crippen molar-refractivity contribution in [1.82, 2.24) is 30.7 Å². The van der Waals surface area contributed by atoms with Crippen LogP contribution in [0.2, 0.25) is 0 Å². The third kappa shape index (κ3) is 17.0. The standard InChI is InChI=1S/C58H90N6O15/c1-15-33(8)47-45(66)29-46(67)79-51(32(6)7)49(68)34(9)52(70)59-41(26-30(2)3)56(74)64-25-17-20-42(64)57(75)63(13)44(28-37-21-23-38(77-14)24-22-37)58(76)78-36(11)48(54(72)60-47)61-53(71)43(27-31(4)5)62(12)55(73)40-19-16-18-39(40)50(69)35(10)65/h21-24,30-36,39-45,47-48,51,65-66H,15-20,25-29H2,1-14H3,(H,59,70)(H,60,72)(H,61,71)/t33?,34?,35?,36-,39?,40?,41+,42?,43?,44+,45?,47-,48?,51+/m1/s1. The smallest absolute Gasteiger partial charge is 0.329 e. The summed E-state index contributed by atoms with van der Waals surface area (Å²) in [5.74, 6) is -11.5. The number of aliphatic hydroxyl groups is 2. The molecule has 5 N–H and O–H groups in total. The number of nitrogens with one attached hydrogen (secondary N) is 3. The number of hydrogen-bond donors (Lipinski definition) is 5. The topological polar surface area (TPSA) is 285 Å². The molecule has 2 saturated heterocycles. The van der Waals surface area contributed by atoms with Gasteiger partial charge in [0.2, 0.25) is 35.4 Å². The summed E-state index contributed by atoms with van der Waals surface area (Å²) in [6.45, 7) is 18.3. The third-order valence-electron chi connectivity index (χ3n) is 15.9. The first-order valence-electron chi connectivity index (χ1n) is 28.3. The molecular formula is C58H90N6O15. The van der Waals surface area contributed by atoms with Crippen LogP contribution in [0.5, 0.6) is 5.75 Å². The maximum absolute atomic E-state index is 15.0. The van der Waals surface area contributed by atoms with E-state index in [4.69, 9.17) is 14.2 Å². The van der Waals surface area contributed by atoms with Crippen LogP contribution < -0.4 is 20.7 Å². The quantitative estimate of drug-likeness (QED) is 0.117. The molecule has 0 spiro atoms. The number of ketones is 2. The molecule has 2 aliphatic heterocycles. The SMILES string of the molecule is CCC(C)[C@H]1NC(=O)C(NC(=O)C(CC(C)C)N(C)C(=O)C2CCCC2C(=O)C(C)O)[C@@H](C)OC(=O)[C@H](Cc2ccc(OC)cc2)N(C)C(=O)C2CCCN2C(=O)[C@H](CC(C)C)NC(=O)C(C)C(=O)[C@H](C(C)C)OC(=O)CC1O. The fraction of sp³-hybridized carbons (Fsp3) is 0.724. The number of carbonyl (C=O) groups excluding carboxylic acids is 10. The maximum atomic E-state index is 15.0. The van der Waals surface area contributed by atoms with E-state index >= 15 is 4.79 Å². The van der Waals surface area contributed by atoms with E-state index in [1.54, 1.807) is 52.0 Å². The zero-order valence-electron chi connectivity index (χ0n) is 48.9. The molecule has 4 rings (SSSR count). The summed E-state index contributed by atoms with van der Waals surface area (Å²) in [4.78, 5) is 147. The first-order valence-corrected chi connectivity index (χ1v) is 28.3. The Morgan fingerprint density at radius 3 is 2.05 bits per heavy atom.